The van der Waals surface area contributed by atoms with Crippen molar-refractivity contribution >= 4 is 41.2 Å². The van der Waals surface area contributed by atoms with Crippen molar-refractivity contribution in [2.75, 3.05) is 6.61 Å². The molecule has 5 nitrogen and oxygen atoms in total. The zero-order valence-corrected chi connectivity index (χ0v) is 10.6. The molecule has 6 heteroatoms. The molecule has 0 saturated carbocycles. The maximum atomic E-state index is 11.0. The molecule has 1 atom stereocenters. The van der Waals surface area contributed by atoms with Gasteiger partial charge in [-0.2, -0.15) is 0 Å². The second-order valence-electron chi connectivity index (χ2n) is 2.91. The summed E-state index contributed by atoms with van der Waals surface area (Å²) in [5.41, 5.74) is 2.88. The van der Waals surface area contributed by atoms with Crippen molar-refractivity contribution in [3.63, 3.8) is 0 Å². The number of hydroxylamine groups is 1. The Bertz CT molecular complexity index is 265. The van der Waals surface area contributed by atoms with Crippen molar-refractivity contribution in [1.29, 1.82) is 0 Å². The van der Waals surface area contributed by atoms with Crippen molar-refractivity contribution in [2.24, 2.45) is 0 Å². The number of hydrogen-bond donors (Lipinski definition) is 2. The van der Waals surface area contributed by atoms with Crippen LogP contribution in [0, 0.1) is 0 Å². The summed E-state index contributed by atoms with van der Waals surface area (Å²) < 4.78 is 0. The fourth-order valence-electron chi connectivity index (χ4n) is 1.07. The van der Waals surface area contributed by atoms with E-state index < -0.39 is 6.04 Å². The molecule has 1 rings (SSSR count). The summed E-state index contributed by atoms with van der Waals surface area (Å²) in [5, 5.41) is 2.86. The number of nitrogens with one attached hydrogen (secondary N) is 2. The molecule has 0 aliphatic carbocycles. The molecule has 0 aromatic rings. The number of hydrogen-bond acceptors (Lipinski definition) is 4. The van der Waals surface area contributed by atoms with Gasteiger partial charge in [0.05, 0.1) is 0 Å². The summed E-state index contributed by atoms with van der Waals surface area (Å²) in [6.45, 7) is 3.46. The maximum absolute atomic E-state index is 11.0. The molecule has 1 saturated heterocycles. The van der Waals surface area contributed by atoms with Gasteiger partial charge < -0.3 is 5.32 Å². The van der Waals surface area contributed by atoms with Crippen LogP contribution < -0.4 is 10.8 Å². The molecular formula is C8H12N2NaO3. The van der Waals surface area contributed by atoms with Gasteiger partial charge in [-0.3, -0.25) is 14.4 Å². The minimum absolute atomic E-state index is 0. The van der Waals surface area contributed by atoms with Crippen molar-refractivity contribution in [2.45, 2.75) is 19.9 Å². The van der Waals surface area contributed by atoms with Crippen LogP contribution in [-0.2, 0) is 14.4 Å². The number of ketones is 1. The van der Waals surface area contributed by atoms with Gasteiger partial charge >= 0.3 is 0 Å². The van der Waals surface area contributed by atoms with Gasteiger partial charge in [0, 0.05) is 35.3 Å². The van der Waals surface area contributed by atoms with Crippen molar-refractivity contribution in [3.05, 3.63) is 11.8 Å². The third kappa shape index (κ3) is 4.23. The van der Waals surface area contributed by atoms with Gasteiger partial charge in [-0.25, -0.2) is 5.48 Å². The van der Waals surface area contributed by atoms with E-state index >= 15 is 0 Å². The van der Waals surface area contributed by atoms with E-state index in [0.717, 1.165) is 0 Å². The zero-order chi connectivity index (χ0) is 9.84. The molecule has 1 aliphatic heterocycles. The van der Waals surface area contributed by atoms with E-state index in [-0.39, 0.29) is 47.9 Å². The van der Waals surface area contributed by atoms with Crippen molar-refractivity contribution in [3.8, 4) is 0 Å². The minimum atomic E-state index is -0.393. The molecule has 2 N–H and O–H groups in total. The van der Waals surface area contributed by atoms with Crippen LogP contribution in [0.25, 0.3) is 0 Å². The molecule has 1 radical (unpaired) electrons. The van der Waals surface area contributed by atoms with Gasteiger partial charge in [-0.05, 0) is 19.9 Å². The summed E-state index contributed by atoms with van der Waals surface area (Å²) in [6, 6.07) is -0.393. The van der Waals surface area contributed by atoms with Gasteiger partial charge in [-0.15, -0.1) is 0 Å². The monoisotopic (exact) mass is 207 g/mol. The molecule has 73 valence electrons. The Kier molecular flexibility index (Phi) is 6.03. The van der Waals surface area contributed by atoms with Crippen LogP contribution in [0.5, 0.6) is 0 Å². The Morgan fingerprint density at radius 3 is 2.71 bits per heavy atom. The van der Waals surface area contributed by atoms with Gasteiger partial charge in [0.15, 0.2) is 5.78 Å². The summed E-state index contributed by atoms with van der Waals surface area (Å²) in [7, 11) is 0. The van der Waals surface area contributed by atoms with E-state index in [1.165, 1.54) is 13.0 Å². The van der Waals surface area contributed by atoms with E-state index in [1.54, 1.807) is 6.92 Å². The van der Waals surface area contributed by atoms with Crippen LogP contribution in [-0.4, -0.2) is 53.9 Å². The molecule has 0 bridgehead atoms. The summed E-state index contributed by atoms with van der Waals surface area (Å²) >= 11 is 0. The van der Waals surface area contributed by atoms with Crippen LogP contribution in [0.3, 0.4) is 0 Å². The predicted molar refractivity (Wildman–Crippen MR) is 51.2 cm³/mol. The first-order valence-corrected chi connectivity index (χ1v) is 3.96. The maximum Gasteiger partial charge on any atom is 0.268 e. The van der Waals surface area contributed by atoms with Crippen LogP contribution in [0.2, 0.25) is 0 Å². The Labute approximate surface area is 105 Å². The van der Waals surface area contributed by atoms with E-state index in [9.17, 15) is 9.59 Å². The first kappa shape index (κ1) is 13.6. The van der Waals surface area contributed by atoms with Crippen molar-refractivity contribution < 1.29 is 14.4 Å². The smallest absolute Gasteiger partial charge is 0.268 e. The third-order valence-corrected chi connectivity index (χ3v) is 1.56. The van der Waals surface area contributed by atoms with Crippen LogP contribution in [0.15, 0.2) is 11.8 Å². The fourth-order valence-corrected chi connectivity index (χ4v) is 1.07. The van der Waals surface area contributed by atoms with E-state index in [4.69, 9.17) is 4.84 Å². The predicted octanol–water partition coefficient (Wildman–Crippen LogP) is -0.882. The average molecular weight is 207 g/mol. The number of carbonyl (C=O) groups excluding carboxylic acids is 2. The van der Waals surface area contributed by atoms with Gasteiger partial charge in [0.1, 0.15) is 12.6 Å². The first-order valence-electron chi connectivity index (χ1n) is 3.96. The Hall–Kier alpha value is -0.360. The Balaban J connectivity index is 0.00000169. The second kappa shape index (κ2) is 6.19. The molecule has 14 heavy (non-hydrogen) atoms. The molecule has 1 aliphatic rings. The zero-order valence-electron chi connectivity index (χ0n) is 8.59. The van der Waals surface area contributed by atoms with Crippen LogP contribution in [0.4, 0.5) is 0 Å². The topological polar surface area (TPSA) is 67.4 Å². The SMILES string of the molecule is CC(=O)C=C(C)N[C@@H]1CONC1=O.[Na]. The first-order chi connectivity index (χ1) is 6.09. The Morgan fingerprint density at radius 2 is 2.29 bits per heavy atom. The van der Waals surface area contributed by atoms with Crippen LogP contribution >= 0.6 is 0 Å². The molecule has 0 spiro atoms. The second-order valence-corrected chi connectivity index (χ2v) is 2.91. The minimum Gasteiger partial charge on any atom is -0.375 e. The quantitative estimate of drug-likeness (QED) is 0.466. The summed E-state index contributed by atoms with van der Waals surface area (Å²) in [4.78, 5) is 26.3. The largest absolute Gasteiger partial charge is 0.375 e. The third-order valence-electron chi connectivity index (χ3n) is 1.56. The van der Waals surface area contributed by atoms with E-state index in [0.29, 0.717) is 5.70 Å². The van der Waals surface area contributed by atoms with Gasteiger partial charge in [-0.1, -0.05) is 0 Å². The summed E-state index contributed by atoms with van der Waals surface area (Å²) in [5.74, 6) is -0.263. The molecule has 0 unspecified atom stereocenters. The standard InChI is InChI=1S/C8H12N2O3.Na/c1-5(3-6(2)11)9-7-4-13-10-8(7)12;/h3,7,9H,4H2,1-2H3,(H,10,12);/t7-;/m1./s1. The molecule has 1 heterocycles. The molecule has 1 fully saturated rings. The molecule has 0 aromatic carbocycles. The summed E-state index contributed by atoms with van der Waals surface area (Å²) in [6.07, 6.45) is 1.44. The number of carbonyl (C=O) groups is 2. The Morgan fingerprint density at radius 1 is 1.64 bits per heavy atom. The van der Waals surface area contributed by atoms with Gasteiger partial charge in [0.2, 0.25) is 0 Å². The van der Waals surface area contributed by atoms with Gasteiger partial charge in [0.25, 0.3) is 5.91 Å². The fraction of sp³-hybridized carbons (Fsp3) is 0.500. The van der Waals surface area contributed by atoms with Crippen LogP contribution in [0.1, 0.15) is 13.8 Å². The number of allylic oxidation sites excluding steroid dienone is 2. The average Bonchev–Trinajstić information content (AvgIpc) is 2.34. The van der Waals surface area contributed by atoms with E-state index in [2.05, 4.69) is 10.8 Å². The molecule has 1 amide bonds. The van der Waals surface area contributed by atoms with Crippen molar-refractivity contribution in [1.82, 2.24) is 10.8 Å². The number of amides is 1. The normalized spacial score (nSPS) is 21.1. The van der Waals surface area contributed by atoms with E-state index in [1.807, 2.05) is 0 Å². The molecule has 0 aromatic heterocycles. The number of rotatable bonds is 3. The molecular weight excluding hydrogens is 195 g/mol.